The van der Waals surface area contributed by atoms with Crippen LogP contribution in [0.3, 0.4) is 0 Å². The predicted molar refractivity (Wildman–Crippen MR) is 75.6 cm³/mol. The quantitative estimate of drug-likeness (QED) is 0.901. The molecule has 2 aromatic rings. The van der Waals surface area contributed by atoms with Gasteiger partial charge in [-0.1, -0.05) is 0 Å². The van der Waals surface area contributed by atoms with Crippen LogP contribution in [-0.2, 0) is 4.74 Å². The van der Waals surface area contributed by atoms with Crippen molar-refractivity contribution in [3.8, 4) is 0 Å². The second-order valence-electron chi connectivity index (χ2n) is 5.87. The Bertz CT molecular complexity index is 772. The number of nitrogens with zero attached hydrogens (tertiary/aromatic N) is 1. The first-order chi connectivity index (χ1) is 10.1. The van der Waals surface area contributed by atoms with Crippen molar-refractivity contribution in [2.75, 3.05) is 6.61 Å². The summed E-state index contributed by atoms with van der Waals surface area (Å²) >= 11 is 0. The summed E-state index contributed by atoms with van der Waals surface area (Å²) in [6.07, 6.45) is 3.28. The number of hydrogen-bond acceptors (Lipinski definition) is 3. The van der Waals surface area contributed by atoms with E-state index in [1.54, 1.807) is 10.6 Å². The lowest BCUT2D eigenvalue weighted by Gasteiger charge is -2.19. The van der Waals surface area contributed by atoms with Crippen LogP contribution in [0.15, 0.2) is 23.0 Å². The van der Waals surface area contributed by atoms with Gasteiger partial charge in [0.1, 0.15) is 0 Å². The molecule has 0 spiro atoms. The fraction of sp³-hybridized carbons (Fsp3) is 0.467. The molecule has 2 aliphatic rings. The number of carboxylic acids is 1. The lowest BCUT2D eigenvalue weighted by molar-refractivity contribution is 0.0696. The van der Waals surface area contributed by atoms with E-state index in [2.05, 4.69) is 4.98 Å². The van der Waals surface area contributed by atoms with Crippen LogP contribution in [0.2, 0.25) is 0 Å². The lowest BCUT2D eigenvalue weighted by atomic mass is 10.1. The molecule has 1 aromatic carbocycles. The van der Waals surface area contributed by atoms with Crippen molar-refractivity contribution in [3.63, 3.8) is 0 Å². The van der Waals surface area contributed by atoms with Crippen LogP contribution >= 0.6 is 0 Å². The molecule has 4 rings (SSSR count). The molecule has 0 radical (unpaired) electrons. The zero-order valence-electron chi connectivity index (χ0n) is 11.4. The Morgan fingerprint density at radius 2 is 2.14 bits per heavy atom. The summed E-state index contributed by atoms with van der Waals surface area (Å²) < 4.78 is 7.56. The van der Waals surface area contributed by atoms with Gasteiger partial charge < -0.3 is 14.8 Å². The highest BCUT2D eigenvalue weighted by atomic mass is 16.5. The van der Waals surface area contributed by atoms with Crippen molar-refractivity contribution in [2.45, 2.75) is 31.4 Å². The molecule has 110 valence electrons. The Kier molecular flexibility index (Phi) is 2.68. The van der Waals surface area contributed by atoms with E-state index in [0.29, 0.717) is 18.0 Å². The van der Waals surface area contributed by atoms with Crippen LogP contribution in [0.4, 0.5) is 0 Å². The Morgan fingerprint density at radius 3 is 2.86 bits per heavy atom. The highest BCUT2D eigenvalue weighted by Gasteiger charge is 2.42. The fourth-order valence-electron chi connectivity index (χ4n) is 3.34. The molecule has 2 atom stereocenters. The maximum Gasteiger partial charge on any atom is 0.335 e. The summed E-state index contributed by atoms with van der Waals surface area (Å²) in [5.41, 5.74) is 1.32. The van der Waals surface area contributed by atoms with Crippen molar-refractivity contribution in [1.82, 2.24) is 9.55 Å². The van der Waals surface area contributed by atoms with E-state index in [-0.39, 0.29) is 23.4 Å². The number of aromatic amines is 1. The van der Waals surface area contributed by atoms with Gasteiger partial charge in [0, 0.05) is 6.61 Å². The fourth-order valence-corrected chi connectivity index (χ4v) is 3.34. The molecule has 0 amide bonds. The Hall–Kier alpha value is -2.08. The van der Waals surface area contributed by atoms with Crippen molar-refractivity contribution in [3.05, 3.63) is 34.2 Å². The standard InChI is InChI=1S/C15H16N2O4/c18-14(19)9-3-4-11-10(7-9)16-15(20)17(11)12-5-6-21-13(12)8-1-2-8/h3-4,7-8,12-13H,1-2,5-6H2,(H,16,20)(H,18,19). The van der Waals surface area contributed by atoms with Gasteiger partial charge in [0.2, 0.25) is 0 Å². The van der Waals surface area contributed by atoms with Crippen molar-refractivity contribution < 1.29 is 14.6 Å². The van der Waals surface area contributed by atoms with Crippen LogP contribution in [0.1, 0.15) is 35.7 Å². The number of fused-ring (bicyclic) bond motifs is 1. The number of hydrogen-bond donors (Lipinski definition) is 2. The van der Waals surface area contributed by atoms with Crippen LogP contribution in [-0.4, -0.2) is 33.3 Å². The van der Waals surface area contributed by atoms with Crippen LogP contribution in [0, 0.1) is 5.92 Å². The molecule has 2 unspecified atom stereocenters. The van der Waals surface area contributed by atoms with Crippen LogP contribution in [0.25, 0.3) is 11.0 Å². The van der Waals surface area contributed by atoms with Gasteiger partial charge in [0.25, 0.3) is 0 Å². The Morgan fingerprint density at radius 1 is 1.33 bits per heavy atom. The van der Waals surface area contributed by atoms with Crippen molar-refractivity contribution >= 4 is 17.0 Å². The van der Waals surface area contributed by atoms with Crippen molar-refractivity contribution in [2.24, 2.45) is 5.92 Å². The molecule has 1 aliphatic heterocycles. The third-order valence-electron chi connectivity index (χ3n) is 4.48. The SMILES string of the molecule is O=C(O)c1ccc2c(c1)[nH]c(=O)n2C1CCOC1C1CC1. The zero-order valence-corrected chi connectivity index (χ0v) is 11.4. The normalized spacial score (nSPS) is 25.5. The number of rotatable bonds is 3. The maximum absolute atomic E-state index is 12.3. The number of ether oxygens (including phenoxy) is 1. The molecule has 2 N–H and O–H groups in total. The largest absolute Gasteiger partial charge is 0.478 e. The molecule has 0 bridgehead atoms. The third-order valence-corrected chi connectivity index (χ3v) is 4.48. The number of nitrogens with one attached hydrogen (secondary N) is 1. The molecule has 6 nitrogen and oxygen atoms in total. The van der Waals surface area contributed by atoms with E-state index in [9.17, 15) is 9.59 Å². The van der Waals surface area contributed by atoms with E-state index >= 15 is 0 Å². The molecule has 6 heteroatoms. The molecule has 1 saturated carbocycles. The van der Waals surface area contributed by atoms with Gasteiger partial charge in [0.15, 0.2) is 0 Å². The summed E-state index contributed by atoms with van der Waals surface area (Å²) in [7, 11) is 0. The average molecular weight is 288 g/mol. The zero-order chi connectivity index (χ0) is 14.6. The number of aromatic nitrogens is 2. The van der Waals surface area contributed by atoms with E-state index in [1.807, 2.05) is 0 Å². The molecular weight excluding hydrogens is 272 g/mol. The number of H-pyrrole nitrogens is 1. The van der Waals surface area contributed by atoms with Gasteiger partial charge in [-0.2, -0.15) is 0 Å². The number of benzene rings is 1. The molecule has 1 aliphatic carbocycles. The van der Waals surface area contributed by atoms with E-state index in [0.717, 1.165) is 11.9 Å². The Labute approximate surface area is 120 Å². The summed E-state index contributed by atoms with van der Waals surface area (Å²) in [4.78, 5) is 26.1. The maximum atomic E-state index is 12.3. The third kappa shape index (κ3) is 1.98. The lowest BCUT2D eigenvalue weighted by Crippen LogP contribution is -2.29. The van der Waals surface area contributed by atoms with Crippen LogP contribution < -0.4 is 5.69 Å². The topological polar surface area (TPSA) is 84.3 Å². The minimum Gasteiger partial charge on any atom is -0.478 e. The minimum atomic E-state index is -0.995. The predicted octanol–water partition coefficient (Wildman–Crippen LogP) is 1.77. The van der Waals surface area contributed by atoms with Gasteiger partial charge in [-0.05, 0) is 43.4 Å². The summed E-state index contributed by atoms with van der Waals surface area (Å²) in [5, 5.41) is 9.04. The van der Waals surface area contributed by atoms with Crippen LogP contribution in [0.5, 0.6) is 0 Å². The van der Waals surface area contributed by atoms with E-state index in [4.69, 9.17) is 9.84 Å². The van der Waals surface area contributed by atoms with Gasteiger partial charge in [-0.25, -0.2) is 9.59 Å². The first kappa shape index (κ1) is 12.6. The second-order valence-corrected chi connectivity index (χ2v) is 5.87. The van der Waals surface area contributed by atoms with Gasteiger partial charge in [-0.15, -0.1) is 0 Å². The number of aromatic carboxylic acids is 1. The Balaban J connectivity index is 1.82. The molecule has 1 saturated heterocycles. The molecule has 2 heterocycles. The van der Waals surface area contributed by atoms with Gasteiger partial charge in [0.05, 0.1) is 28.7 Å². The molecule has 21 heavy (non-hydrogen) atoms. The first-order valence-corrected chi connectivity index (χ1v) is 7.24. The summed E-state index contributed by atoms with van der Waals surface area (Å²) in [5.74, 6) is -0.432. The van der Waals surface area contributed by atoms with Gasteiger partial charge in [-0.3, -0.25) is 4.57 Å². The number of carbonyl (C=O) groups is 1. The average Bonchev–Trinajstić information content (AvgIpc) is 3.09. The van der Waals surface area contributed by atoms with Gasteiger partial charge >= 0.3 is 11.7 Å². The molecule has 1 aromatic heterocycles. The number of carboxylic acid groups (broad SMARTS) is 1. The highest BCUT2D eigenvalue weighted by molar-refractivity contribution is 5.92. The number of imidazole rings is 1. The van der Waals surface area contributed by atoms with E-state index < -0.39 is 5.97 Å². The molecule has 2 fully saturated rings. The minimum absolute atomic E-state index is 0.0504. The summed E-state index contributed by atoms with van der Waals surface area (Å²) in [6.45, 7) is 0.679. The summed E-state index contributed by atoms with van der Waals surface area (Å²) in [6, 6.07) is 4.81. The second kappa shape index (κ2) is 4.46. The van der Waals surface area contributed by atoms with E-state index in [1.165, 1.54) is 25.0 Å². The highest BCUT2D eigenvalue weighted by Crippen LogP contribution is 2.43. The smallest absolute Gasteiger partial charge is 0.335 e. The monoisotopic (exact) mass is 288 g/mol. The first-order valence-electron chi connectivity index (χ1n) is 7.24. The molecular formula is C15H16N2O4. The van der Waals surface area contributed by atoms with Crippen molar-refractivity contribution in [1.29, 1.82) is 0 Å².